The highest BCUT2D eigenvalue weighted by Crippen LogP contribution is 2.15. The minimum atomic E-state index is -0.337. The van der Waals surface area contributed by atoms with Gasteiger partial charge in [0.2, 0.25) is 0 Å². The number of hydrogen-bond donors (Lipinski definition) is 2. The topological polar surface area (TPSA) is 53.5 Å². The lowest BCUT2D eigenvalue weighted by molar-refractivity contribution is -0.121. The van der Waals surface area contributed by atoms with Crippen LogP contribution in [0.3, 0.4) is 0 Å². The Morgan fingerprint density at radius 1 is 1.17 bits per heavy atom. The van der Waals surface area contributed by atoms with Crippen molar-refractivity contribution < 1.29 is 4.79 Å². The third-order valence-electron chi connectivity index (χ3n) is 3.15. The van der Waals surface area contributed by atoms with Gasteiger partial charge >= 0.3 is 0 Å². The van der Waals surface area contributed by atoms with Gasteiger partial charge in [-0.05, 0) is 48.4 Å². The van der Waals surface area contributed by atoms with Crippen LogP contribution in [0.4, 0.5) is 5.69 Å². The number of hydrazone groups is 1. The number of nitrogens with zero attached hydrogens (tertiary/aromatic N) is 1. The van der Waals surface area contributed by atoms with Crippen molar-refractivity contribution >= 4 is 49.7 Å². The Labute approximate surface area is 152 Å². The van der Waals surface area contributed by atoms with Crippen LogP contribution in [0.15, 0.2) is 62.6 Å². The molecule has 1 unspecified atom stereocenters. The zero-order valence-corrected chi connectivity index (χ0v) is 15.8. The van der Waals surface area contributed by atoms with Crippen LogP contribution >= 0.6 is 31.9 Å². The number of carbonyl (C=O) groups excluding carboxylic acids is 1. The van der Waals surface area contributed by atoms with Crippen molar-refractivity contribution in [2.24, 2.45) is 5.10 Å². The summed E-state index contributed by atoms with van der Waals surface area (Å²) < 4.78 is 1.97. The second-order valence-electron chi connectivity index (χ2n) is 4.90. The molecule has 2 aromatic rings. The molecular weight excluding hydrogens is 422 g/mol. The molecule has 0 aliphatic rings. The number of anilines is 1. The van der Waals surface area contributed by atoms with E-state index in [1.807, 2.05) is 55.5 Å². The lowest BCUT2D eigenvalue weighted by Crippen LogP contribution is -2.36. The average molecular weight is 439 g/mol. The molecule has 120 valence electrons. The number of carbonyl (C=O) groups is 1. The van der Waals surface area contributed by atoms with Gasteiger partial charge in [0.25, 0.3) is 5.91 Å². The van der Waals surface area contributed by atoms with Crippen LogP contribution in [-0.4, -0.2) is 18.2 Å². The minimum Gasteiger partial charge on any atom is -0.374 e. The van der Waals surface area contributed by atoms with Crippen LogP contribution in [0, 0.1) is 0 Å². The highest BCUT2D eigenvalue weighted by molar-refractivity contribution is 9.10. The molecule has 0 fully saturated rings. The molecule has 2 aromatic carbocycles. The molecule has 0 aliphatic carbocycles. The SMILES string of the molecule is CCC(Nc1ccc(Br)cc1)C(=O)NN=Cc1cccc(Br)c1. The smallest absolute Gasteiger partial charge is 0.262 e. The Bertz CT molecular complexity index is 686. The van der Waals surface area contributed by atoms with Gasteiger partial charge < -0.3 is 5.32 Å². The molecule has 0 saturated heterocycles. The molecule has 0 radical (unpaired) electrons. The number of nitrogens with one attached hydrogen (secondary N) is 2. The summed E-state index contributed by atoms with van der Waals surface area (Å²) >= 11 is 6.79. The van der Waals surface area contributed by atoms with Crippen molar-refractivity contribution in [3.63, 3.8) is 0 Å². The van der Waals surface area contributed by atoms with E-state index in [0.29, 0.717) is 6.42 Å². The fourth-order valence-electron chi connectivity index (χ4n) is 1.94. The Morgan fingerprint density at radius 2 is 1.91 bits per heavy atom. The molecule has 23 heavy (non-hydrogen) atoms. The maximum absolute atomic E-state index is 12.2. The van der Waals surface area contributed by atoms with Gasteiger partial charge in [-0.2, -0.15) is 5.10 Å². The van der Waals surface area contributed by atoms with Crippen molar-refractivity contribution in [1.82, 2.24) is 5.43 Å². The molecule has 0 aromatic heterocycles. The predicted octanol–water partition coefficient (Wildman–Crippen LogP) is 4.55. The Hall–Kier alpha value is -1.66. The minimum absolute atomic E-state index is 0.165. The van der Waals surface area contributed by atoms with Gasteiger partial charge in [0.15, 0.2) is 0 Å². The average Bonchev–Trinajstić information content (AvgIpc) is 2.54. The van der Waals surface area contributed by atoms with E-state index in [-0.39, 0.29) is 11.9 Å². The quantitative estimate of drug-likeness (QED) is 0.513. The van der Waals surface area contributed by atoms with Gasteiger partial charge in [-0.15, -0.1) is 0 Å². The van der Waals surface area contributed by atoms with Gasteiger partial charge in [0, 0.05) is 14.6 Å². The standard InChI is InChI=1S/C17H17Br2N3O/c1-2-16(21-15-8-6-13(18)7-9-15)17(23)22-20-11-12-4-3-5-14(19)10-12/h3-11,16,21H,2H2,1H3,(H,22,23). The first kappa shape index (κ1) is 17.7. The highest BCUT2D eigenvalue weighted by atomic mass is 79.9. The van der Waals surface area contributed by atoms with E-state index in [1.54, 1.807) is 6.21 Å². The molecular formula is C17H17Br2N3O. The highest BCUT2D eigenvalue weighted by Gasteiger charge is 2.15. The van der Waals surface area contributed by atoms with Crippen molar-refractivity contribution in [2.75, 3.05) is 5.32 Å². The van der Waals surface area contributed by atoms with E-state index in [2.05, 4.69) is 47.7 Å². The summed E-state index contributed by atoms with van der Waals surface area (Å²) in [5.74, 6) is -0.165. The first-order valence-corrected chi connectivity index (χ1v) is 8.77. The van der Waals surface area contributed by atoms with E-state index >= 15 is 0 Å². The first-order valence-electron chi connectivity index (χ1n) is 7.19. The number of amides is 1. The molecule has 0 bridgehead atoms. The predicted molar refractivity (Wildman–Crippen MR) is 102 cm³/mol. The normalized spacial score (nSPS) is 12.1. The monoisotopic (exact) mass is 437 g/mol. The summed E-state index contributed by atoms with van der Waals surface area (Å²) in [6, 6.07) is 15.1. The largest absolute Gasteiger partial charge is 0.374 e. The van der Waals surface area contributed by atoms with Crippen molar-refractivity contribution in [1.29, 1.82) is 0 Å². The van der Waals surface area contributed by atoms with Crippen molar-refractivity contribution in [3.8, 4) is 0 Å². The summed E-state index contributed by atoms with van der Waals surface area (Å²) in [4.78, 5) is 12.2. The fourth-order valence-corrected chi connectivity index (χ4v) is 2.62. The van der Waals surface area contributed by atoms with E-state index in [1.165, 1.54) is 0 Å². The summed E-state index contributed by atoms with van der Waals surface area (Å²) in [5.41, 5.74) is 4.38. The second-order valence-corrected chi connectivity index (χ2v) is 6.73. The molecule has 1 atom stereocenters. The van der Waals surface area contributed by atoms with Crippen molar-refractivity contribution in [2.45, 2.75) is 19.4 Å². The van der Waals surface area contributed by atoms with Gasteiger partial charge in [-0.1, -0.05) is 50.9 Å². The van der Waals surface area contributed by atoms with Gasteiger partial charge in [0.05, 0.1) is 6.21 Å². The van der Waals surface area contributed by atoms with Crippen LogP contribution < -0.4 is 10.7 Å². The molecule has 6 heteroatoms. The molecule has 0 heterocycles. The van der Waals surface area contributed by atoms with Gasteiger partial charge in [-0.25, -0.2) is 5.43 Å². The number of benzene rings is 2. The maximum atomic E-state index is 12.2. The molecule has 0 saturated carbocycles. The molecule has 0 aliphatic heterocycles. The summed E-state index contributed by atoms with van der Waals surface area (Å²) in [7, 11) is 0. The van der Waals surface area contributed by atoms with Crippen LogP contribution in [0.2, 0.25) is 0 Å². The van der Waals surface area contributed by atoms with Gasteiger partial charge in [-0.3, -0.25) is 4.79 Å². The lowest BCUT2D eigenvalue weighted by atomic mass is 10.2. The van der Waals surface area contributed by atoms with E-state index in [0.717, 1.165) is 20.2 Å². The number of rotatable bonds is 6. The van der Waals surface area contributed by atoms with Crippen LogP contribution in [0.5, 0.6) is 0 Å². The van der Waals surface area contributed by atoms with Crippen LogP contribution in [-0.2, 0) is 4.79 Å². The summed E-state index contributed by atoms with van der Waals surface area (Å²) in [5, 5.41) is 7.21. The van der Waals surface area contributed by atoms with Crippen LogP contribution in [0.1, 0.15) is 18.9 Å². The lowest BCUT2D eigenvalue weighted by Gasteiger charge is -2.16. The fraction of sp³-hybridized carbons (Fsp3) is 0.176. The van der Waals surface area contributed by atoms with E-state index < -0.39 is 0 Å². The maximum Gasteiger partial charge on any atom is 0.262 e. The number of halogens is 2. The third kappa shape index (κ3) is 5.80. The third-order valence-corrected chi connectivity index (χ3v) is 4.17. The first-order chi connectivity index (χ1) is 11.1. The zero-order valence-electron chi connectivity index (χ0n) is 12.6. The summed E-state index contributed by atoms with van der Waals surface area (Å²) in [6.07, 6.45) is 2.28. The van der Waals surface area contributed by atoms with Crippen LogP contribution in [0.25, 0.3) is 0 Å². The molecule has 0 spiro atoms. The number of hydrogen-bond acceptors (Lipinski definition) is 3. The second kappa shape index (κ2) is 8.84. The van der Waals surface area contributed by atoms with Gasteiger partial charge in [0.1, 0.15) is 6.04 Å². The van der Waals surface area contributed by atoms with Crippen molar-refractivity contribution in [3.05, 3.63) is 63.0 Å². The Balaban J connectivity index is 1.93. The molecule has 2 rings (SSSR count). The zero-order chi connectivity index (χ0) is 16.7. The molecule has 2 N–H and O–H groups in total. The van der Waals surface area contributed by atoms with E-state index in [4.69, 9.17) is 0 Å². The Morgan fingerprint density at radius 3 is 2.57 bits per heavy atom. The van der Waals surface area contributed by atoms with E-state index in [9.17, 15) is 4.79 Å². The summed E-state index contributed by atoms with van der Waals surface area (Å²) in [6.45, 7) is 1.95. The molecule has 4 nitrogen and oxygen atoms in total. The Kier molecular flexibility index (Phi) is 6.80. The molecule has 1 amide bonds.